The zero-order chi connectivity index (χ0) is 25.0. The van der Waals surface area contributed by atoms with E-state index in [1.165, 1.54) is 6.92 Å². The largest absolute Gasteiger partial charge is 0.480 e. The van der Waals surface area contributed by atoms with Crippen molar-refractivity contribution in [1.29, 1.82) is 0 Å². The van der Waals surface area contributed by atoms with Gasteiger partial charge in [0, 0.05) is 6.42 Å². The van der Waals surface area contributed by atoms with Crippen LogP contribution in [0.5, 0.6) is 0 Å². The SMILES string of the molecule is CC(O)C(NC(=O)C1CCCN1)C(=O)NC(CCCCN)C(=O)NC(CCC(N)=O)C(=O)O. The van der Waals surface area contributed by atoms with Crippen LogP contribution in [0.2, 0.25) is 0 Å². The molecule has 5 atom stereocenters. The molecule has 0 aliphatic carbocycles. The van der Waals surface area contributed by atoms with Gasteiger partial charge in [-0.05, 0) is 58.5 Å². The third-order valence-corrected chi connectivity index (χ3v) is 5.31. The summed E-state index contributed by atoms with van der Waals surface area (Å²) < 4.78 is 0. The average molecular weight is 473 g/mol. The van der Waals surface area contributed by atoms with E-state index >= 15 is 0 Å². The standard InChI is InChI=1S/C20H36N6O7/c1-11(27)16(26-17(29)12-6-4-10-23-12)19(31)24-13(5-2-3-9-21)18(30)25-14(20(32)33)7-8-15(22)28/h11-14,16,23,27H,2-10,21H2,1H3,(H2,22,28)(H,24,31)(H,25,30)(H,26,29)(H,32,33). The van der Waals surface area contributed by atoms with Gasteiger partial charge in [-0.25, -0.2) is 4.79 Å². The number of carbonyl (C=O) groups is 5. The number of rotatable bonds is 15. The number of unbranched alkanes of at least 4 members (excludes halogenated alkanes) is 1. The molecule has 1 rings (SSSR count). The van der Waals surface area contributed by atoms with Crippen molar-refractivity contribution in [2.75, 3.05) is 13.1 Å². The summed E-state index contributed by atoms with van der Waals surface area (Å²) in [5, 5.41) is 29.7. The molecule has 10 N–H and O–H groups in total. The molecule has 1 heterocycles. The fourth-order valence-corrected chi connectivity index (χ4v) is 3.41. The van der Waals surface area contributed by atoms with Gasteiger partial charge in [0.2, 0.25) is 23.6 Å². The van der Waals surface area contributed by atoms with E-state index in [0.29, 0.717) is 32.4 Å². The summed E-state index contributed by atoms with van der Waals surface area (Å²) in [5.74, 6) is -4.06. The van der Waals surface area contributed by atoms with Crippen LogP contribution in [-0.2, 0) is 24.0 Å². The molecule has 4 amide bonds. The van der Waals surface area contributed by atoms with Crippen molar-refractivity contribution in [2.45, 2.75) is 82.1 Å². The quantitative estimate of drug-likeness (QED) is 0.114. The fraction of sp³-hybridized carbons (Fsp3) is 0.750. The molecule has 1 aliphatic heterocycles. The lowest BCUT2D eigenvalue weighted by Crippen LogP contribution is -2.59. The first-order valence-electron chi connectivity index (χ1n) is 11.1. The number of primary amides is 1. The Kier molecular flexibility index (Phi) is 12.3. The van der Waals surface area contributed by atoms with Gasteiger partial charge in [0.05, 0.1) is 12.1 Å². The molecule has 1 saturated heterocycles. The van der Waals surface area contributed by atoms with Gasteiger partial charge in [0.15, 0.2) is 0 Å². The molecule has 0 aromatic rings. The smallest absolute Gasteiger partial charge is 0.326 e. The summed E-state index contributed by atoms with van der Waals surface area (Å²) in [6.45, 7) is 2.37. The summed E-state index contributed by atoms with van der Waals surface area (Å²) in [6, 6.07) is -4.29. The first-order valence-corrected chi connectivity index (χ1v) is 11.1. The van der Waals surface area contributed by atoms with E-state index in [1.54, 1.807) is 0 Å². The summed E-state index contributed by atoms with van der Waals surface area (Å²) in [6.07, 6.45) is 0.902. The molecule has 0 saturated carbocycles. The number of carboxylic acid groups (broad SMARTS) is 1. The number of carboxylic acids is 1. The van der Waals surface area contributed by atoms with Gasteiger partial charge >= 0.3 is 5.97 Å². The molecule has 0 radical (unpaired) electrons. The molecular formula is C20H36N6O7. The second-order valence-corrected chi connectivity index (χ2v) is 8.13. The zero-order valence-electron chi connectivity index (χ0n) is 18.8. The normalized spacial score (nSPS) is 19.1. The lowest BCUT2D eigenvalue weighted by Gasteiger charge is -2.26. The van der Waals surface area contributed by atoms with Crippen molar-refractivity contribution >= 4 is 29.6 Å². The number of aliphatic carboxylic acids is 1. The third kappa shape index (κ3) is 10.1. The highest BCUT2D eigenvalue weighted by Gasteiger charge is 2.33. The first-order chi connectivity index (χ1) is 15.6. The van der Waals surface area contributed by atoms with Crippen molar-refractivity contribution in [2.24, 2.45) is 11.5 Å². The van der Waals surface area contributed by atoms with Crippen molar-refractivity contribution in [3.8, 4) is 0 Å². The fourth-order valence-electron chi connectivity index (χ4n) is 3.41. The van der Waals surface area contributed by atoms with Crippen LogP contribution in [0.4, 0.5) is 0 Å². The summed E-state index contributed by atoms with van der Waals surface area (Å²) >= 11 is 0. The van der Waals surface area contributed by atoms with E-state index in [4.69, 9.17) is 11.5 Å². The second-order valence-electron chi connectivity index (χ2n) is 8.13. The molecule has 13 heteroatoms. The minimum atomic E-state index is -1.38. The Labute approximate surface area is 192 Å². The maximum atomic E-state index is 12.8. The van der Waals surface area contributed by atoms with Crippen LogP contribution >= 0.6 is 0 Å². The number of amides is 4. The second kappa shape index (κ2) is 14.4. The number of hydrogen-bond acceptors (Lipinski definition) is 8. The van der Waals surface area contributed by atoms with Crippen LogP contribution in [-0.4, -0.2) is 83.2 Å². The highest BCUT2D eigenvalue weighted by atomic mass is 16.4. The van der Waals surface area contributed by atoms with Crippen molar-refractivity contribution < 1.29 is 34.2 Å². The summed E-state index contributed by atoms with van der Waals surface area (Å²) in [4.78, 5) is 60.4. The molecule has 0 aromatic carbocycles. The van der Waals surface area contributed by atoms with Gasteiger partial charge in [0.1, 0.15) is 18.1 Å². The number of aliphatic hydroxyl groups is 1. The van der Waals surface area contributed by atoms with Crippen LogP contribution in [0.1, 0.15) is 51.9 Å². The van der Waals surface area contributed by atoms with Crippen LogP contribution in [0.15, 0.2) is 0 Å². The molecule has 0 aromatic heterocycles. The first kappa shape index (κ1) is 28.3. The highest BCUT2D eigenvalue weighted by Crippen LogP contribution is 2.08. The topological polar surface area (TPSA) is 226 Å². The van der Waals surface area contributed by atoms with E-state index in [2.05, 4.69) is 21.3 Å². The van der Waals surface area contributed by atoms with Crippen LogP contribution in [0, 0.1) is 0 Å². The van der Waals surface area contributed by atoms with E-state index < -0.39 is 59.9 Å². The zero-order valence-corrected chi connectivity index (χ0v) is 18.8. The Morgan fingerprint density at radius 2 is 1.70 bits per heavy atom. The molecule has 1 aliphatic rings. The van der Waals surface area contributed by atoms with Gasteiger partial charge < -0.3 is 42.9 Å². The van der Waals surface area contributed by atoms with Crippen molar-refractivity contribution in [3.05, 3.63) is 0 Å². The monoisotopic (exact) mass is 472 g/mol. The number of hydrogen-bond donors (Lipinski definition) is 8. The summed E-state index contributed by atoms with van der Waals surface area (Å²) in [7, 11) is 0. The predicted molar refractivity (Wildman–Crippen MR) is 117 cm³/mol. The van der Waals surface area contributed by atoms with Crippen molar-refractivity contribution in [1.82, 2.24) is 21.3 Å². The molecule has 188 valence electrons. The van der Waals surface area contributed by atoms with E-state index in [9.17, 15) is 34.2 Å². The summed E-state index contributed by atoms with van der Waals surface area (Å²) in [5.41, 5.74) is 10.5. The molecule has 0 bridgehead atoms. The van der Waals surface area contributed by atoms with E-state index in [0.717, 1.165) is 6.42 Å². The van der Waals surface area contributed by atoms with Crippen LogP contribution in [0.25, 0.3) is 0 Å². The average Bonchev–Trinajstić information content (AvgIpc) is 3.28. The maximum absolute atomic E-state index is 12.8. The molecule has 0 spiro atoms. The maximum Gasteiger partial charge on any atom is 0.326 e. The Hall–Kier alpha value is -2.77. The van der Waals surface area contributed by atoms with Crippen LogP contribution in [0.3, 0.4) is 0 Å². The van der Waals surface area contributed by atoms with Gasteiger partial charge in [-0.1, -0.05) is 0 Å². The number of aliphatic hydroxyl groups excluding tert-OH is 1. The molecular weight excluding hydrogens is 436 g/mol. The lowest BCUT2D eigenvalue weighted by molar-refractivity contribution is -0.142. The Bertz CT molecular complexity index is 696. The minimum Gasteiger partial charge on any atom is -0.480 e. The van der Waals surface area contributed by atoms with Crippen LogP contribution < -0.4 is 32.7 Å². The van der Waals surface area contributed by atoms with E-state index in [-0.39, 0.29) is 19.3 Å². The van der Waals surface area contributed by atoms with Gasteiger partial charge in [0.25, 0.3) is 0 Å². The Balaban J connectivity index is 2.88. The van der Waals surface area contributed by atoms with Gasteiger partial charge in [-0.3, -0.25) is 19.2 Å². The molecule has 33 heavy (non-hydrogen) atoms. The van der Waals surface area contributed by atoms with Gasteiger partial charge in [-0.15, -0.1) is 0 Å². The molecule has 5 unspecified atom stereocenters. The Morgan fingerprint density at radius 3 is 2.21 bits per heavy atom. The minimum absolute atomic E-state index is 0.154. The number of nitrogens with one attached hydrogen (secondary N) is 4. The molecule has 1 fully saturated rings. The highest BCUT2D eigenvalue weighted by molar-refractivity contribution is 5.94. The Morgan fingerprint density at radius 1 is 1.03 bits per heavy atom. The number of carbonyl (C=O) groups excluding carboxylic acids is 4. The lowest BCUT2D eigenvalue weighted by atomic mass is 10.0. The molecule has 13 nitrogen and oxygen atoms in total. The third-order valence-electron chi connectivity index (χ3n) is 5.31. The predicted octanol–water partition coefficient (Wildman–Crippen LogP) is -2.95. The van der Waals surface area contributed by atoms with E-state index in [1.807, 2.05) is 0 Å². The number of nitrogens with two attached hydrogens (primary N) is 2. The van der Waals surface area contributed by atoms with Crippen molar-refractivity contribution in [3.63, 3.8) is 0 Å². The van der Waals surface area contributed by atoms with Gasteiger partial charge in [-0.2, -0.15) is 0 Å².